The normalized spacial score (nSPS) is 39.3. The Morgan fingerprint density at radius 1 is 1.12 bits per heavy atom. The van der Waals surface area contributed by atoms with Gasteiger partial charge in [-0.15, -0.1) is 12.8 Å². The Bertz CT molecular complexity index is 730. The molecule has 0 spiro atoms. The molecule has 5 heteroatoms. The molecule has 0 bridgehead atoms. The van der Waals surface area contributed by atoms with Crippen LogP contribution in [0.4, 0.5) is 8.78 Å². The smallest absolute Gasteiger partial charge is 0.374 e. The van der Waals surface area contributed by atoms with Gasteiger partial charge in [0.1, 0.15) is 0 Å². The molecule has 33 heavy (non-hydrogen) atoms. The van der Waals surface area contributed by atoms with Gasteiger partial charge in [-0.1, -0.05) is 45.8 Å². The van der Waals surface area contributed by atoms with Crippen LogP contribution in [0, 0.1) is 47.3 Å². The average Bonchev–Trinajstić information content (AvgIpc) is 3.11. The van der Waals surface area contributed by atoms with Gasteiger partial charge < -0.3 is 10.2 Å². The summed E-state index contributed by atoms with van der Waals surface area (Å²) < 4.78 is 27.3. The number of halogens is 2. The number of carbonyl (C=O) groups is 1. The molecule has 0 heterocycles. The lowest BCUT2D eigenvalue weighted by Gasteiger charge is -2.58. The summed E-state index contributed by atoms with van der Waals surface area (Å²) in [5.74, 6) is -3.60. The maximum Gasteiger partial charge on any atom is 0.374 e. The van der Waals surface area contributed by atoms with E-state index in [-0.39, 0.29) is 22.9 Å². The molecule has 0 saturated heterocycles. The fourth-order valence-electron chi connectivity index (χ4n) is 7.69. The zero-order valence-corrected chi connectivity index (χ0v) is 21.0. The standard InChI is InChI=1S/C23H34F2O3.C3H8.C2H2/c1-21-11-9-19-17(5-3-15-13-16(26)8-10-22(15,19)2)18(21)6-4-14(21)7-12-23(24,25)20(27)28;1-3-2;1-2/h3,14,16-19,26H,4-13H2,1-2H3,(H,27,28);3H2,1-2H3;1-2H/t14?,16?,17-,18?,19?,21?,22?;;/m0../s1. The molecule has 2 N–H and O–H groups in total. The second kappa shape index (κ2) is 10.9. The van der Waals surface area contributed by atoms with Gasteiger partial charge in [-0.05, 0) is 92.3 Å². The van der Waals surface area contributed by atoms with Crippen molar-refractivity contribution in [1.82, 2.24) is 0 Å². The van der Waals surface area contributed by atoms with E-state index in [4.69, 9.17) is 5.11 Å². The van der Waals surface area contributed by atoms with Crippen molar-refractivity contribution in [3.63, 3.8) is 0 Å². The number of aliphatic hydroxyl groups excluding tert-OH is 1. The molecule has 4 rings (SSSR count). The van der Waals surface area contributed by atoms with Gasteiger partial charge in [0.15, 0.2) is 0 Å². The highest BCUT2D eigenvalue weighted by molar-refractivity contribution is 5.75. The molecular formula is C28H44F2O3. The first kappa shape index (κ1) is 27.8. The summed E-state index contributed by atoms with van der Waals surface area (Å²) in [6.45, 7) is 8.93. The van der Waals surface area contributed by atoms with E-state index in [1.165, 1.54) is 12.0 Å². The number of hydrogen-bond acceptors (Lipinski definition) is 2. The van der Waals surface area contributed by atoms with Gasteiger partial charge in [-0.3, -0.25) is 0 Å². The molecule has 7 atom stereocenters. The number of terminal acetylenes is 1. The van der Waals surface area contributed by atoms with Crippen LogP contribution in [0.1, 0.15) is 98.3 Å². The minimum Gasteiger partial charge on any atom is -0.477 e. The first-order valence-corrected chi connectivity index (χ1v) is 12.8. The predicted octanol–water partition coefficient (Wildman–Crippen LogP) is 7.09. The Morgan fingerprint density at radius 3 is 2.36 bits per heavy atom. The van der Waals surface area contributed by atoms with Crippen LogP contribution in [0.5, 0.6) is 0 Å². The highest BCUT2D eigenvalue weighted by Crippen LogP contribution is 2.66. The summed E-state index contributed by atoms with van der Waals surface area (Å²) in [4.78, 5) is 10.8. The molecule has 3 fully saturated rings. The van der Waals surface area contributed by atoms with Crippen molar-refractivity contribution >= 4 is 5.97 Å². The first-order valence-electron chi connectivity index (χ1n) is 12.8. The fourth-order valence-corrected chi connectivity index (χ4v) is 7.69. The number of alkyl halides is 2. The molecule has 188 valence electrons. The summed E-state index contributed by atoms with van der Waals surface area (Å²) >= 11 is 0. The quantitative estimate of drug-likeness (QED) is 0.343. The van der Waals surface area contributed by atoms with Gasteiger partial charge in [0.2, 0.25) is 0 Å². The molecule has 3 nitrogen and oxygen atoms in total. The van der Waals surface area contributed by atoms with Crippen LogP contribution < -0.4 is 0 Å². The van der Waals surface area contributed by atoms with E-state index in [2.05, 4.69) is 46.6 Å². The Balaban J connectivity index is 0.000000714. The molecule has 4 aliphatic rings. The number of aliphatic carboxylic acids is 1. The van der Waals surface area contributed by atoms with Crippen molar-refractivity contribution < 1.29 is 23.8 Å². The molecule has 4 aliphatic carbocycles. The molecule has 0 radical (unpaired) electrons. The lowest BCUT2D eigenvalue weighted by molar-refractivity contribution is -0.166. The van der Waals surface area contributed by atoms with Crippen LogP contribution >= 0.6 is 0 Å². The van der Waals surface area contributed by atoms with Gasteiger partial charge in [0, 0.05) is 6.42 Å². The second-order valence-corrected chi connectivity index (χ2v) is 11.2. The summed E-state index contributed by atoms with van der Waals surface area (Å²) in [5.41, 5.74) is 1.70. The van der Waals surface area contributed by atoms with Crippen LogP contribution in [-0.4, -0.2) is 28.2 Å². The zero-order valence-electron chi connectivity index (χ0n) is 21.0. The molecule has 0 aromatic carbocycles. The Labute approximate surface area is 199 Å². The summed E-state index contributed by atoms with van der Waals surface area (Å²) in [6.07, 6.45) is 19.3. The summed E-state index contributed by atoms with van der Waals surface area (Å²) in [7, 11) is 0. The van der Waals surface area contributed by atoms with E-state index < -0.39 is 18.3 Å². The van der Waals surface area contributed by atoms with Crippen molar-refractivity contribution in [1.29, 1.82) is 0 Å². The zero-order chi connectivity index (χ0) is 25.0. The monoisotopic (exact) mass is 466 g/mol. The maximum atomic E-state index is 13.7. The molecular weight excluding hydrogens is 422 g/mol. The van der Waals surface area contributed by atoms with Gasteiger partial charge >= 0.3 is 11.9 Å². The third-order valence-corrected chi connectivity index (χ3v) is 9.39. The van der Waals surface area contributed by atoms with Crippen molar-refractivity contribution in [2.24, 2.45) is 34.5 Å². The molecule has 0 aromatic heterocycles. The number of carboxylic acid groups (broad SMARTS) is 1. The van der Waals surface area contributed by atoms with Crippen LogP contribution in [0.25, 0.3) is 0 Å². The average molecular weight is 467 g/mol. The lowest BCUT2D eigenvalue weighted by Crippen LogP contribution is -2.50. The minimum atomic E-state index is -3.61. The SMILES string of the molecule is C#C.CC12CCC(O)CC1=CC[C@@H]1C2CCC2(C)C(CCC(F)(F)C(=O)O)CCC12.CCC. The van der Waals surface area contributed by atoms with Gasteiger partial charge in [-0.2, -0.15) is 8.78 Å². The largest absolute Gasteiger partial charge is 0.477 e. The van der Waals surface area contributed by atoms with Crippen LogP contribution in [0.2, 0.25) is 0 Å². The summed E-state index contributed by atoms with van der Waals surface area (Å²) in [5, 5.41) is 18.9. The number of allylic oxidation sites excluding steroid dienone is 1. The van der Waals surface area contributed by atoms with E-state index in [0.29, 0.717) is 24.2 Å². The number of carboxylic acids is 1. The molecule has 0 aromatic rings. The van der Waals surface area contributed by atoms with Crippen molar-refractivity contribution in [2.45, 2.75) is 110 Å². The Kier molecular flexibility index (Phi) is 9.19. The lowest BCUT2D eigenvalue weighted by atomic mass is 9.47. The van der Waals surface area contributed by atoms with Gasteiger partial charge in [0.25, 0.3) is 0 Å². The Hall–Kier alpha value is -1.41. The number of aliphatic hydroxyl groups is 1. The highest BCUT2D eigenvalue weighted by atomic mass is 19.3. The third-order valence-electron chi connectivity index (χ3n) is 9.39. The number of rotatable bonds is 4. The van der Waals surface area contributed by atoms with Crippen LogP contribution in [0.3, 0.4) is 0 Å². The second-order valence-electron chi connectivity index (χ2n) is 11.2. The van der Waals surface area contributed by atoms with E-state index in [1.54, 1.807) is 0 Å². The summed E-state index contributed by atoms with van der Waals surface area (Å²) in [6, 6.07) is 0. The minimum absolute atomic E-state index is 0.0611. The molecule has 0 amide bonds. The Morgan fingerprint density at radius 2 is 1.76 bits per heavy atom. The molecule has 3 saturated carbocycles. The first-order chi connectivity index (χ1) is 15.5. The van der Waals surface area contributed by atoms with E-state index in [0.717, 1.165) is 51.4 Å². The van der Waals surface area contributed by atoms with Gasteiger partial charge in [-0.25, -0.2) is 4.79 Å². The van der Waals surface area contributed by atoms with E-state index in [1.807, 2.05) is 0 Å². The highest BCUT2D eigenvalue weighted by Gasteiger charge is 2.58. The predicted molar refractivity (Wildman–Crippen MR) is 129 cm³/mol. The van der Waals surface area contributed by atoms with Crippen molar-refractivity contribution in [3.8, 4) is 12.8 Å². The fraction of sp³-hybridized carbons (Fsp3) is 0.821. The van der Waals surface area contributed by atoms with Crippen molar-refractivity contribution in [2.75, 3.05) is 0 Å². The molecule has 0 aliphatic heterocycles. The molecule has 6 unspecified atom stereocenters. The van der Waals surface area contributed by atoms with Crippen LogP contribution in [-0.2, 0) is 4.79 Å². The maximum absolute atomic E-state index is 13.7. The third kappa shape index (κ3) is 5.31. The van der Waals surface area contributed by atoms with Gasteiger partial charge in [0.05, 0.1) is 6.10 Å². The number of hydrogen-bond donors (Lipinski definition) is 2. The van der Waals surface area contributed by atoms with Crippen molar-refractivity contribution in [3.05, 3.63) is 11.6 Å². The van der Waals surface area contributed by atoms with Crippen LogP contribution in [0.15, 0.2) is 11.6 Å². The van der Waals surface area contributed by atoms with E-state index in [9.17, 15) is 18.7 Å². The van der Waals surface area contributed by atoms with E-state index >= 15 is 0 Å². The topological polar surface area (TPSA) is 57.5 Å². The number of fused-ring (bicyclic) bond motifs is 5.